The molecule has 0 aliphatic heterocycles. The first-order chi connectivity index (χ1) is 7.56. The van der Waals surface area contributed by atoms with E-state index < -0.39 is 11.6 Å². The van der Waals surface area contributed by atoms with Crippen molar-refractivity contribution in [3.8, 4) is 11.3 Å². The molecule has 0 aliphatic carbocycles. The van der Waals surface area contributed by atoms with Gasteiger partial charge >= 0.3 is 0 Å². The van der Waals surface area contributed by atoms with E-state index in [4.69, 9.17) is 5.73 Å². The molecular formula is C12H10F2N2. The first kappa shape index (κ1) is 10.5. The van der Waals surface area contributed by atoms with Gasteiger partial charge in [0.1, 0.15) is 11.6 Å². The number of anilines is 1. The summed E-state index contributed by atoms with van der Waals surface area (Å²) in [6.07, 6.45) is 1.61. The molecule has 1 aromatic heterocycles. The van der Waals surface area contributed by atoms with Gasteiger partial charge in [-0.25, -0.2) is 8.78 Å². The fourth-order valence-electron chi connectivity index (χ4n) is 1.52. The summed E-state index contributed by atoms with van der Waals surface area (Å²) in [5.74, 6) is -1.28. The Morgan fingerprint density at radius 1 is 1.06 bits per heavy atom. The second kappa shape index (κ2) is 3.89. The predicted molar refractivity (Wildman–Crippen MR) is 58.7 cm³/mol. The normalized spacial score (nSPS) is 10.4. The molecule has 1 aromatic carbocycles. The summed E-state index contributed by atoms with van der Waals surface area (Å²) in [6, 6.07) is 4.94. The monoisotopic (exact) mass is 220 g/mol. The molecule has 82 valence electrons. The molecule has 0 amide bonds. The average Bonchev–Trinajstić information content (AvgIpc) is 2.15. The van der Waals surface area contributed by atoms with Crippen molar-refractivity contribution in [1.29, 1.82) is 0 Å². The molecule has 0 bridgehead atoms. The smallest absolute Gasteiger partial charge is 0.126 e. The minimum absolute atomic E-state index is 0.343. The minimum atomic E-state index is -0.642. The van der Waals surface area contributed by atoms with Gasteiger partial charge in [0.25, 0.3) is 0 Å². The summed E-state index contributed by atoms with van der Waals surface area (Å²) in [7, 11) is 0. The summed E-state index contributed by atoms with van der Waals surface area (Å²) in [5, 5.41) is 0. The number of pyridine rings is 1. The Hall–Kier alpha value is -1.97. The lowest BCUT2D eigenvalue weighted by Gasteiger charge is -2.06. The first-order valence-corrected chi connectivity index (χ1v) is 4.75. The van der Waals surface area contributed by atoms with Crippen LogP contribution in [0.1, 0.15) is 5.56 Å². The summed E-state index contributed by atoms with van der Waals surface area (Å²) < 4.78 is 26.0. The van der Waals surface area contributed by atoms with Gasteiger partial charge in [-0.2, -0.15) is 0 Å². The number of hydrogen-bond donors (Lipinski definition) is 1. The number of nitrogen functional groups attached to an aromatic ring is 1. The zero-order chi connectivity index (χ0) is 11.7. The van der Waals surface area contributed by atoms with Gasteiger partial charge in [0.15, 0.2) is 0 Å². The molecule has 0 spiro atoms. The Labute approximate surface area is 91.7 Å². The van der Waals surface area contributed by atoms with Crippen molar-refractivity contribution >= 4 is 5.69 Å². The van der Waals surface area contributed by atoms with Gasteiger partial charge < -0.3 is 5.73 Å². The molecule has 0 atom stereocenters. The lowest BCUT2D eigenvalue weighted by Crippen LogP contribution is -1.95. The lowest BCUT2D eigenvalue weighted by molar-refractivity contribution is 0.584. The third kappa shape index (κ3) is 2.00. The molecule has 1 heterocycles. The summed E-state index contributed by atoms with van der Waals surface area (Å²) in [4.78, 5) is 4.07. The van der Waals surface area contributed by atoms with Gasteiger partial charge in [0, 0.05) is 17.8 Å². The number of aryl methyl sites for hydroxylation is 1. The molecule has 2 nitrogen and oxygen atoms in total. The summed E-state index contributed by atoms with van der Waals surface area (Å²) >= 11 is 0. The number of rotatable bonds is 1. The van der Waals surface area contributed by atoms with Gasteiger partial charge in [-0.15, -0.1) is 0 Å². The molecule has 0 unspecified atom stereocenters. The summed E-state index contributed by atoms with van der Waals surface area (Å²) in [5.41, 5.74) is 7.79. The van der Waals surface area contributed by atoms with E-state index in [0.717, 1.165) is 11.6 Å². The van der Waals surface area contributed by atoms with Crippen LogP contribution < -0.4 is 5.73 Å². The average molecular weight is 220 g/mol. The highest BCUT2D eigenvalue weighted by Crippen LogP contribution is 2.25. The Bertz CT molecular complexity index is 518. The molecule has 2 rings (SSSR count). The van der Waals surface area contributed by atoms with Gasteiger partial charge in [-0.05, 0) is 30.7 Å². The van der Waals surface area contributed by atoms with Crippen molar-refractivity contribution < 1.29 is 8.78 Å². The SMILES string of the molecule is Cc1cnc(-c2cc(F)cc(F)c2)c(N)c1. The van der Waals surface area contributed by atoms with Crippen molar-refractivity contribution in [2.75, 3.05) is 5.73 Å². The fourth-order valence-corrected chi connectivity index (χ4v) is 1.52. The van der Waals surface area contributed by atoms with Gasteiger partial charge in [-0.1, -0.05) is 0 Å². The van der Waals surface area contributed by atoms with E-state index >= 15 is 0 Å². The Kier molecular flexibility index (Phi) is 2.56. The number of nitrogens with zero attached hydrogens (tertiary/aromatic N) is 1. The molecule has 0 radical (unpaired) electrons. The van der Waals surface area contributed by atoms with Crippen LogP contribution in [0.5, 0.6) is 0 Å². The van der Waals surface area contributed by atoms with Gasteiger partial charge in [-0.3, -0.25) is 4.98 Å². The van der Waals surface area contributed by atoms with E-state index in [-0.39, 0.29) is 0 Å². The minimum Gasteiger partial charge on any atom is -0.397 e. The molecule has 0 aliphatic rings. The molecule has 16 heavy (non-hydrogen) atoms. The quantitative estimate of drug-likeness (QED) is 0.802. The maximum absolute atomic E-state index is 13.0. The lowest BCUT2D eigenvalue weighted by atomic mass is 10.1. The van der Waals surface area contributed by atoms with Crippen LogP contribution in [0.2, 0.25) is 0 Å². The van der Waals surface area contributed by atoms with E-state index in [0.29, 0.717) is 16.9 Å². The Morgan fingerprint density at radius 2 is 1.69 bits per heavy atom. The van der Waals surface area contributed by atoms with Crippen LogP contribution in [0.3, 0.4) is 0 Å². The highest BCUT2D eigenvalue weighted by Gasteiger charge is 2.07. The van der Waals surface area contributed by atoms with Crippen LogP contribution in [0.25, 0.3) is 11.3 Å². The first-order valence-electron chi connectivity index (χ1n) is 4.75. The van der Waals surface area contributed by atoms with Crippen molar-refractivity contribution in [2.24, 2.45) is 0 Å². The van der Waals surface area contributed by atoms with Crippen molar-refractivity contribution in [3.63, 3.8) is 0 Å². The number of aromatic nitrogens is 1. The molecule has 2 N–H and O–H groups in total. The maximum atomic E-state index is 13.0. The fraction of sp³-hybridized carbons (Fsp3) is 0.0833. The Balaban J connectivity index is 2.58. The molecular weight excluding hydrogens is 210 g/mol. The zero-order valence-electron chi connectivity index (χ0n) is 8.67. The van der Waals surface area contributed by atoms with Crippen molar-refractivity contribution in [2.45, 2.75) is 6.92 Å². The van der Waals surface area contributed by atoms with Gasteiger partial charge in [0.05, 0.1) is 11.4 Å². The number of hydrogen-bond acceptors (Lipinski definition) is 2. The Morgan fingerprint density at radius 3 is 2.25 bits per heavy atom. The maximum Gasteiger partial charge on any atom is 0.126 e. The second-order valence-electron chi connectivity index (χ2n) is 3.61. The van der Waals surface area contributed by atoms with E-state index in [1.165, 1.54) is 12.1 Å². The highest BCUT2D eigenvalue weighted by atomic mass is 19.1. The third-order valence-corrected chi connectivity index (χ3v) is 2.19. The third-order valence-electron chi connectivity index (χ3n) is 2.19. The van der Waals surface area contributed by atoms with Crippen LogP contribution in [-0.2, 0) is 0 Å². The number of nitrogens with two attached hydrogens (primary N) is 1. The van der Waals surface area contributed by atoms with Crippen LogP contribution in [0.15, 0.2) is 30.5 Å². The molecule has 0 saturated heterocycles. The van der Waals surface area contributed by atoms with E-state index in [1.807, 2.05) is 6.92 Å². The molecule has 2 aromatic rings. The van der Waals surface area contributed by atoms with E-state index in [1.54, 1.807) is 12.3 Å². The number of benzene rings is 1. The van der Waals surface area contributed by atoms with Crippen LogP contribution >= 0.6 is 0 Å². The van der Waals surface area contributed by atoms with Crippen molar-refractivity contribution in [1.82, 2.24) is 4.98 Å². The molecule has 0 fully saturated rings. The van der Waals surface area contributed by atoms with Gasteiger partial charge in [0.2, 0.25) is 0 Å². The standard InChI is InChI=1S/C12H10F2N2/c1-7-2-11(15)12(16-6-7)8-3-9(13)5-10(14)4-8/h2-6H,15H2,1H3. The number of halogens is 2. The molecule has 0 saturated carbocycles. The molecule has 4 heteroatoms. The second-order valence-corrected chi connectivity index (χ2v) is 3.61. The van der Waals surface area contributed by atoms with E-state index in [2.05, 4.69) is 4.98 Å². The topological polar surface area (TPSA) is 38.9 Å². The predicted octanol–water partition coefficient (Wildman–Crippen LogP) is 2.92. The van der Waals surface area contributed by atoms with E-state index in [9.17, 15) is 8.78 Å². The van der Waals surface area contributed by atoms with Crippen LogP contribution in [-0.4, -0.2) is 4.98 Å². The van der Waals surface area contributed by atoms with Crippen molar-refractivity contribution in [3.05, 3.63) is 47.7 Å². The van der Waals surface area contributed by atoms with Crippen LogP contribution in [0, 0.1) is 18.6 Å². The van der Waals surface area contributed by atoms with Crippen LogP contribution in [0.4, 0.5) is 14.5 Å². The largest absolute Gasteiger partial charge is 0.397 e. The highest BCUT2D eigenvalue weighted by molar-refractivity contribution is 5.72. The summed E-state index contributed by atoms with van der Waals surface area (Å²) in [6.45, 7) is 1.85. The zero-order valence-corrected chi connectivity index (χ0v) is 8.67.